The first-order valence-corrected chi connectivity index (χ1v) is 8.18. The fraction of sp³-hybridized carbons (Fsp3) is 0.389. The summed E-state index contributed by atoms with van der Waals surface area (Å²) in [5.41, 5.74) is -1.10. The van der Waals surface area contributed by atoms with Crippen LogP contribution in [0.15, 0.2) is 36.5 Å². The molecule has 2 aromatic rings. The van der Waals surface area contributed by atoms with Crippen molar-refractivity contribution >= 4 is 22.6 Å². The molecule has 3 rings (SSSR count). The predicted molar refractivity (Wildman–Crippen MR) is 91.9 cm³/mol. The van der Waals surface area contributed by atoms with Gasteiger partial charge in [0.1, 0.15) is 17.4 Å². The molecule has 2 atom stereocenters. The summed E-state index contributed by atoms with van der Waals surface area (Å²) in [5, 5.41) is 25.0. The molecule has 2 heterocycles. The molecule has 1 fully saturated rings. The number of hydrogen-bond acceptors (Lipinski definition) is 5. The van der Waals surface area contributed by atoms with Gasteiger partial charge in [-0.15, -0.1) is 0 Å². The van der Waals surface area contributed by atoms with Crippen molar-refractivity contribution in [2.45, 2.75) is 25.0 Å². The van der Waals surface area contributed by atoms with Crippen LogP contribution in [-0.2, 0) is 4.79 Å². The van der Waals surface area contributed by atoms with Gasteiger partial charge in [0.05, 0.1) is 0 Å². The van der Waals surface area contributed by atoms with Crippen LogP contribution in [0.2, 0.25) is 0 Å². The van der Waals surface area contributed by atoms with E-state index in [1.165, 1.54) is 11.8 Å². The van der Waals surface area contributed by atoms with Gasteiger partial charge in [0.15, 0.2) is 0 Å². The second-order valence-corrected chi connectivity index (χ2v) is 6.41. The smallest absolute Gasteiger partial charge is 0.273 e. The van der Waals surface area contributed by atoms with E-state index in [2.05, 4.69) is 10.3 Å². The highest BCUT2D eigenvalue weighted by molar-refractivity contribution is 6.05. The Labute approximate surface area is 145 Å². The van der Waals surface area contributed by atoms with E-state index >= 15 is 0 Å². The molecule has 0 bridgehead atoms. The SMILES string of the molecule is CC(=O)NC[C@]1(O)CCN(C(=O)c2nccc3ccccc23)C[C@H]1O. The van der Waals surface area contributed by atoms with E-state index in [1.807, 2.05) is 30.3 Å². The van der Waals surface area contributed by atoms with Crippen LogP contribution in [0.5, 0.6) is 0 Å². The molecule has 132 valence electrons. The Morgan fingerprint density at radius 1 is 1.36 bits per heavy atom. The van der Waals surface area contributed by atoms with Crippen LogP contribution in [0.4, 0.5) is 0 Å². The number of aliphatic hydroxyl groups is 2. The van der Waals surface area contributed by atoms with E-state index in [9.17, 15) is 19.8 Å². The number of pyridine rings is 1. The number of aromatic nitrogens is 1. The normalized spacial score (nSPS) is 23.5. The molecule has 0 spiro atoms. The standard InChI is InChI=1S/C18H21N3O4/c1-12(22)20-11-18(25)7-9-21(10-15(18)23)17(24)16-14-5-3-2-4-13(14)6-8-19-16/h2-6,8,15,23,25H,7,9-11H2,1H3,(H,20,22)/t15-,18-/m1/s1. The Kier molecular flexibility index (Phi) is 4.69. The molecule has 25 heavy (non-hydrogen) atoms. The summed E-state index contributed by atoms with van der Waals surface area (Å²) < 4.78 is 0. The molecule has 1 aliphatic heterocycles. The zero-order chi connectivity index (χ0) is 18.0. The minimum atomic E-state index is -1.44. The van der Waals surface area contributed by atoms with Crippen molar-refractivity contribution in [2.24, 2.45) is 0 Å². The summed E-state index contributed by atoms with van der Waals surface area (Å²) in [6.45, 7) is 1.56. The average molecular weight is 343 g/mol. The zero-order valence-corrected chi connectivity index (χ0v) is 14.0. The average Bonchev–Trinajstić information content (AvgIpc) is 2.61. The van der Waals surface area contributed by atoms with Crippen LogP contribution >= 0.6 is 0 Å². The highest BCUT2D eigenvalue weighted by Crippen LogP contribution is 2.25. The minimum absolute atomic E-state index is 0.0141. The lowest BCUT2D eigenvalue weighted by molar-refractivity contribution is -0.127. The molecule has 1 aromatic heterocycles. The number of amides is 2. The first-order chi connectivity index (χ1) is 11.9. The van der Waals surface area contributed by atoms with Crippen LogP contribution in [-0.4, -0.2) is 63.3 Å². The van der Waals surface area contributed by atoms with Gasteiger partial charge >= 0.3 is 0 Å². The van der Waals surface area contributed by atoms with Gasteiger partial charge < -0.3 is 20.4 Å². The number of hydrogen-bond donors (Lipinski definition) is 3. The van der Waals surface area contributed by atoms with Crippen molar-refractivity contribution in [1.82, 2.24) is 15.2 Å². The van der Waals surface area contributed by atoms with Crippen LogP contribution < -0.4 is 5.32 Å². The maximum atomic E-state index is 12.8. The minimum Gasteiger partial charge on any atom is -0.388 e. The van der Waals surface area contributed by atoms with E-state index in [0.717, 1.165) is 10.8 Å². The zero-order valence-electron chi connectivity index (χ0n) is 14.0. The van der Waals surface area contributed by atoms with Crippen LogP contribution in [0.3, 0.4) is 0 Å². The van der Waals surface area contributed by atoms with Crippen LogP contribution in [0.25, 0.3) is 10.8 Å². The summed E-state index contributed by atoms with van der Waals surface area (Å²) in [5.74, 6) is -0.559. The van der Waals surface area contributed by atoms with Gasteiger partial charge in [-0.25, -0.2) is 0 Å². The molecule has 2 amide bonds. The Morgan fingerprint density at radius 2 is 2.12 bits per heavy atom. The summed E-state index contributed by atoms with van der Waals surface area (Å²) >= 11 is 0. The molecular weight excluding hydrogens is 322 g/mol. The molecule has 7 nitrogen and oxygen atoms in total. The van der Waals surface area contributed by atoms with Gasteiger partial charge in [0.25, 0.3) is 5.91 Å². The molecule has 0 aliphatic carbocycles. The van der Waals surface area contributed by atoms with E-state index in [0.29, 0.717) is 5.69 Å². The van der Waals surface area contributed by atoms with E-state index in [1.54, 1.807) is 6.20 Å². The van der Waals surface area contributed by atoms with Gasteiger partial charge in [-0.3, -0.25) is 14.6 Å². The third-order valence-corrected chi connectivity index (χ3v) is 4.64. The maximum Gasteiger partial charge on any atom is 0.273 e. The number of nitrogens with zero attached hydrogens (tertiary/aromatic N) is 2. The number of carbonyl (C=O) groups excluding carboxylic acids is 2. The first kappa shape index (κ1) is 17.3. The Bertz CT molecular complexity index is 805. The summed E-state index contributed by atoms with van der Waals surface area (Å²) in [7, 11) is 0. The topological polar surface area (TPSA) is 103 Å². The van der Waals surface area contributed by atoms with Crippen molar-refractivity contribution in [3.05, 3.63) is 42.2 Å². The highest BCUT2D eigenvalue weighted by Gasteiger charge is 2.42. The number of benzene rings is 1. The summed E-state index contributed by atoms with van der Waals surface area (Å²) in [4.78, 5) is 29.6. The second-order valence-electron chi connectivity index (χ2n) is 6.41. The van der Waals surface area contributed by atoms with Crippen molar-refractivity contribution < 1.29 is 19.8 Å². The molecule has 0 radical (unpaired) electrons. The van der Waals surface area contributed by atoms with Crippen molar-refractivity contribution in [2.75, 3.05) is 19.6 Å². The molecule has 3 N–H and O–H groups in total. The van der Waals surface area contributed by atoms with Gasteiger partial charge in [-0.05, 0) is 17.9 Å². The summed E-state index contributed by atoms with van der Waals surface area (Å²) in [6, 6.07) is 9.32. The number of carbonyl (C=O) groups is 2. The Morgan fingerprint density at radius 3 is 2.84 bits per heavy atom. The first-order valence-electron chi connectivity index (χ1n) is 8.18. The molecule has 0 unspecified atom stereocenters. The lowest BCUT2D eigenvalue weighted by Crippen LogP contribution is -2.61. The fourth-order valence-corrected chi connectivity index (χ4v) is 3.07. The molecular formula is C18H21N3O4. The van der Waals surface area contributed by atoms with Crippen molar-refractivity contribution in [3.8, 4) is 0 Å². The van der Waals surface area contributed by atoms with Crippen LogP contribution in [0, 0.1) is 0 Å². The molecule has 1 aliphatic rings. The van der Waals surface area contributed by atoms with Crippen molar-refractivity contribution in [1.29, 1.82) is 0 Å². The highest BCUT2D eigenvalue weighted by atomic mass is 16.3. The van der Waals surface area contributed by atoms with Gasteiger partial charge in [-0.2, -0.15) is 0 Å². The number of nitrogens with one attached hydrogen (secondary N) is 1. The molecule has 1 saturated heterocycles. The molecule has 1 aromatic carbocycles. The lowest BCUT2D eigenvalue weighted by Gasteiger charge is -2.42. The van der Waals surface area contributed by atoms with Gasteiger partial charge in [0, 0.05) is 38.1 Å². The summed E-state index contributed by atoms with van der Waals surface area (Å²) in [6.07, 6.45) is 0.612. The van der Waals surface area contributed by atoms with Crippen molar-refractivity contribution in [3.63, 3.8) is 0 Å². The quantitative estimate of drug-likeness (QED) is 0.744. The Hall–Kier alpha value is -2.51. The number of aliphatic hydroxyl groups excluding tert-OH is 1. The largest absolute Gasteiger partial charge is 0.388 e. The number of rotatable bonds is 3. The van der Waals surface area contributed by atoms with Crippen LogP contribution in [0.1, 0.15) is 23.8 Å². The third kappa shape index (κ3) is 3.47. The van der Waals surface area contributed by atoms with E-state index < -0.39 is 11.7 Å². The monoisotopic (exact) mass is 343 g/mol. The number of likely N-dealkylation sites (tertiary alicyclic amines) is 1. The second kappa shape index (κ2) is 6.78. The number of β-amino-alcohol motifs (C(OH)–C–C–N with tert-alkyl or cyclic N) is 1. The fourth-order valence-electron chi connectivity index (χ4n) is 3.07. The Balaban J connectivity index is 1.77. The number of piperidine rings is 1. The predicted octanol–water partition coefficient (Wildman–Crippen LogP) is 0.309. The third-order valence-electron chi connectivity index (χ3n) is 4.64. The maximum absolute atomic E-state index is 12.8. The molecule has 7 heteroatoms. The van der Waals surface area contributed by atoms with Gasteiger partial charge in [-0.1, -0.05) is 24.3 Å². The lowest BCUT2D eigenvalue weighted by atomic mass is 9.88. The van der Waals surface area contributed by atoms with Gasteiger partial charge in [0.2, 0.25) is 5.91 Å². The van der Waals surface area contributed by atoms with E-state index in [-0.39, 0.29) is 37.9 Å². The van der Waals surface area contributed by atoms with E-state index in [4.69, 9.17) is 0 Å². The molecule has 0 saturated carbocycles. The number of fused-ring (bicyclic) bond motifs is 1.